The molecule has 0 bridgehead atoms. The molecule has 2 aromatic carbocycles. The lowest BCUT2D eigenvalue weighted by Crippen LogP contribution is -2.07. The smallest absolute Gasteiger partial charge is 0.119 e. The summed E-state index contributed by atoms with van der Waals surface area (Å²) in [6, 6.07) is 12.7. The molecule has 0 heterocycles. The Morgan fingerprint density at radius 2 is 1.72 bits per heavy atom. The van der Waals surface area contributed by atoms with E-state index in [4.69, 9.17) is 4.74 Å². The average Bonchev–Trinajstić information content (AvgIpc) is 2.89. The van der Waals surface area contributed by atoms with Crippen LogP contribution in [0.15, 0.2) is 40.9 Å². The molecule has 0 aliphatic heterocycles. The maximum atomic E-state index is 5.92. The summed E-state index contributed by atoms with van der Waals surface area (Å²) in [6.07, 6.45) is 5.42. The molecule has 0 amide bonds. The molecule has 1 nitrogen and oxygen atoms in total. The standard InChI is InChI=1S/C16H17BrO/c17-15-7-5-14-10-16(8-6-13(14)9-15)18-11-12-3-1-2-4-12/h5-10,12H,1-4,11H2. The van der Waals surface area contributed by atoms with Crippen molar-refractivity contribution in [1.29, 1.82) is 0 Å². The van der Waals surface area contributed by atoms with Gasteiger partial charge in [0.2, 0.25) is 0 Å². The predicted molar refractivity (Wildman–Crippen MR) is 79.1 cm³/mol. The van der Waals surface area contributed by atoms with Gasteiger partial charge in [-0.2, -0.15) is 0 Å². The minimum atomic E-state index is 0.769. The zero-order valence-electron chi connectivity index (χ0n) is 10.4. The van der Waals surface area contributed by atoms with Crippen molar-refractivity contribution in [2.45, 2.75) is 25.7 Å². The Kier molecular flexibility index (Phi) is 3.55. The highest BCUT2D eigenvalue weighted by Crippen LogP contribution is 2.27. The summed E-state index contributed by atoms with van der Waals surface area (Å²) in [5.41, 5.74) is 0. The fourth-order valence-corrected chi connectivity index (χ4v) is 3.05. The van der Waals surface area contributed by atoms with Crippen molar-refractivity contribution in [3.8, 4) is 5.75 Å². The van der Waals surface area contributed by atoms with Crippen LogP contribution >= 0.6 is 15.9 Å². The zero-order valence-corrected chi connectivity index (χ0v) is 11.9. The molecular weight excluding hydrogens is 288 g/mol. The van der Waals surface area contributed by atoms with Crippen molar-refractivity contribution >= 4 is 26.7 Å². The fourth-order valence-electron chi connectivity index (χ4n) is 2.68. The van der Waals surface area contributed by atoms with Crippen molar-refractivity contribution in [1.82, 2.24) is 0 Å². The van der Waals surface area contributed by atoms with E-state index in [9.17, 15) is 0 Å². The second-order valence-corrected chi connectivity index (χ2v) is 6.03. The Balaban J connectivity index is 1.74. The summed E-state index contributed by atoms with van der Waals surface area (Å²) in [7, 11) is 0. The first-order valence-electron chi connectivity index (χ1n) is 6.63. The van der Waals surface area contributed by atoms with Crippen LogP contribution in [0.2, 0.25) is 0 Å². The number of rotatable bonds is 3. The Bertz CT molecular complexity index is 544. The van der Waals surface area contributed by atoms with E-state index in [0.717, 1.165) is 22.7 Å². The molecule has 2 aromatic rings. The molecule has 94 valence electrons. The van der Waals surface area contributed by atoms with Gasteiger partial charge in [0.25, 0.3) is 0 Å². The van der Waals surface area contributed by atoms with E-state index in [0.29, 0.717) is 0 Å². The van der Waals surface area contributed by atoms with Crippen LogP contribution in [0.1, 0.15) is 25.7 Å². The molecule has 0 unspecified atom stereocenters. The topological polar surface area (TPSA) is 9.23 Å². The lowest BCUT2D eigenvalue weighted by molar-refractivity contribution is 0.252. The summed E-state index contributed by atoms with van der Waals surface area (Å²) < 4.78 is 7.04. The molecule has 1 saturated carbocycles. The number of ether oxygens (including phenoxy) is 1. The van der Waals surface area contributed by atoms with E-state index in [2.05, 4.69) is 52.3 Å². The monoisotopic (exact) mass is 304 g/mol. The molecule has 0 aromatic heterocycles. The van der Waals surface area contributed by atoms with Gasteiger partial charge in [0, 0.05) is 4.47 Å². The molecule has 1 aliphatic carbocycles. The van der Waals surface area contributed by atoms with Gasteiger partial charge >= 0.3 is 0 Å². The molecular formula is C16H17BrO. The van der Waals surface area contributed by atoms with E-state index in [1.807, 2.05) is 0 Å². The molecule has 18 heavy (non-hydrogen) atoms. The van der Waals surface area contributed by atoms with Gasteiger partial charge < -0.3 is 4.74 Å². The van der Waals surface area contributed by atoms with Crippen molar-refractivity contribution in [3.05, 3.63) is 40.9 Å². The molecule has 0 N–H and O–H groups in total. The first-order chi connectivity index (χ1) is 8.81. The Hall–Kier alpha value is -1.02. The molecule has 0 spiro atoms. The van der Waals surface area contributed by atoms with Crippen molar-refractivity contribution in [2.24, 2.45) is 5.92 Å². The van der Waals surface area contributed by atoms with Crippen LogP contribution < -0.4 is 4.74 Å². The average molecular weight is 305 g/mol. The lowest BCUT2D eigenvalue weighted by Gasteiger charge is -2.11. The van der Waals surface area contributed by atoms with Crippen LogP contribution in [0, 0.1) is 5.92 Å². The van der Waals surface area contributed by atoms with E-state index >= 15 is 0 Å². The third kappa shape index (κ3) is 2.69. The van der Waals surface area contributed by atoms with Crippen LogP contribution in [-0.2, 0) is 0 Å². The minimum absolute atomic E-state index is 0.769. The van der Waals surface area contributed by atoms with Crippen LogP contribution in [0.25, 0.3) is 10.8 Å². The molecule has 0 atom stereocenters. The Labute approximate surface area is 116 Å². The maximum Gasteiger partial charge on any atom is 0.119 e. The molecule has 0 radical (unpaired) electrons. The van der Waals surface area contributed by atoms with Gasteiger partial charge in [-0.3, -0.25) is 0 Å². The van der Waals surface area contributed by atoms with Gasteiger partial charge in [-0.1, -0.05) is 40.9 Å². The normalized spacial score (nSPS) is 16.3. The van der Waals surface area contributed by atoms with Gasteiger partial charge in [0.15, 0.2) is 0 Å². The minimum Gasteiger partial charge on any atom is -0.493 e. The van der Waals surface area contributed by atoms with Crippen molar-refractivity contribution in [3.63, 3.8) is 0 Å². The molecule has 1 fully saturated rings. The quantitative estimate of drug-likeness (QED) is 0.760. The highest BCUT2D eigenvalue weighted by molar-refractivity contribution is 9.10. The van der Waals surface area contributed by atoms with Crippen molar-refractivity contribution in [2.75, 3.05) is 6.61 Å². The number of hydrogen-bond acceptors (Lipinski definition) is 1. The zero-order chi connectivity index (χ0) is 12.4. The second kappa shape index (κ2) is 5.31. The Morgan fingerprint density at radius 3 is 2.56 bits per heavy atom. The van der Waals surface area contributed by atoms with Crippen molar-refractivity contribution < 1.29 is 4.74 Å². The molecule has 0 saturated heterocycles. The summed E-state index contributed by atoms with van der Waals surface area (Å²) in [5, 5.41) is 2.49. The molecule has 2 heteroatoms. The van der Waals surface area contributed by atoms with Crippen LogP contribution in [0.4, 0.5) is 0 Å². The fraction of sp³-hybridized carbons (Fsp3) is 0.375. The van der Waals surface area contributed by atoms with Crippen LogP contribution in [0.3, 0.4) is 0 Å². The highest BCUT2D eigenvalue weighted by atomic mass is 79.9. The van der Waals surface area contributed by atoms with Gasteiger partial charge in [0.1, 0.15) is 5.75 Å². The largest absolute Gasteiger partial charge is 0.493 e. The van der Waals surface area contributed by atoms with E-state index in [1.54, 1.807) is 0 Å². The summed E-state index contributed by atoms with van der Waals surface area (Å²) in [4.78, 5) is 0. The number of fused-ring (bicyclic) bond motifs is 1. The van der Waals surface area contributed by atoms with Crippen LogP contribution in [0.5, 0.6) is 5.75 Å². The number of halogens is 1. The van der Waals surface area contributed by atoms with Gasteiger partial charge in [-0.15, -0.1) is 0 Å². The number of hydrogen-bond donors (Lipinski definition) is 0. The summed E-state index contributed by atoms with van der Waals surface area (Å²) >= 11 is 3.50. The second-order valence-electron chi connectivity index (χ2n) is 5.11. The number of benzene rings is 2. The summed E-state index contributed by atoms with van der Waals surface area (Å²) in [6.45, 7) is 0.877. The van der Waals surface area contributed by atoms with Gasteiger partial charge in [-0.05, 0) is 53.8 Å². The predicted octanol–water partition coefficient (Wildman–Crippen LogP) is 5.17. The van der Waals surface area contributed by atoms with E-state index < -0.39 is 0 Å². The molecule has 1 aliphatic rings. The lowest BCUT2D eigenvalue weighted by atomic mass is 10.1. The Morgan fingerprint density at radius 1 is 1.00 bits per heavy atom. The first kappa shape index (κ1) is 12.0. The van der Waals surface area contributed by atoms with E-state index in [-0.39, 0.29) is 0 Å². The van der Waals surface area contributed by atoms with E-state index in [1.165, 1.54) is 36.5 Å². The summed E-state index contributed by atoms with van der Waals surface area (Å²) in [5.74, 6) is 1.77. The third-order valence-electron chi connectivity index (χ3n) is 3.73. The first-order valence-corrected chi connectivity index (χ1v) is 7.43. The SMILES string of the molecule is Brc1ccc2cc(OCC3CCCC3)ccc2c1. The third-order valence-corrected chi connectivity index (χ3v) is 4.23. The van der Waals surface area contributed by atoms with Gasteiger partial charge in [-0.25, -0.2) is 0 Å². The maximum absolute atomic E-state index is 5.92. The highest BCUT2D eigenvalue weighted by Gasteiger charge is 2.15. The van der Waals surface area contributed by atoms with Crippen LogP contribution in [-0.4, -0.2) is 6.61 Å². The van der Waals surface area contributed by atoms with Gasteiger partial charge in [0.05, 0.1) is 6.61 Å². The molecule has 3 rings (SSSR count).